The maximum absolute atomic E-state index is 12.4. The predicted octanol–water partition coefficient (Wildman–Crippen LogP) is 4.27. The molecule has 1 aromatic carbocycles. The fourth-order valence-electron chi connectivity index (χ4n) is 2.85. The van der Waals surface area contributed by atoms with E-state index in [-0.39, 0.29) is 11.2 Å². The first-order valence-corrected chi connectivity index (χ1v) is 10.4. The van der Waals surface area contributed by atoms with Crippen molar-refractivity contribution in [1.29, 1.82) is 5.26 Å². The number of nitrogens with one attached hydrogen (secondary N) is 2. The molecule has 0 spiro atoms. The molecule has 1 aromatic heterocycles. The third-order valence-electron chi connectivity index (χ3n) is 4.25. The van der Waals surface area contributed by atoms with E-state index in [0.29, 0.717) is 17.3 Å². The smallest absolute Gasteiger partial charge is 0.237 e. The van der Waals surface area contributed by atoms with E-state index >= 15 is 0 Å². The Kier molecular flexibility index (Phi) is 6.47. The van der Waals surface area contributed by atoms with Gasteiger partial charge in [-0.15, -0.1) is 10.2 Å². The van der Waals surface area contributed by atoms with Crippen LogP contribution < -0.4 is 10.6 Å². The molecule has 0 unspecified atom stereocenters. The summed E-state index contributed by atoms with van der Waals surface area (Å²) < 4.78 is 0.775. The van der Waals surface area contributed by atoms with Crippen LogP contribution in [0, 0.1) is 11.3 Å². The van der Waals surface area contributed by atoms with Crippen LogP contribution in [0.25, 0.3) is 0 Å². The number of carbonyl (C=O) groups is 1. The molecule has 1 aliphatic rings. The summed E-state index contributed by atoms with van der Waals surface area (Å²) in [5.41, 5.74) is 1.14. The molecule has 26 heavy (non-hydrogen) atoms. The first-order valence-electron chi connectivity index (χ1n) is 8.72. The second kappa shape index (κ2) is 9.01. The summed E-state index contributed by atoms with van der Waals surface area (Å²) in [6.07, 6.45) is 6.22. The van der Waals surface area contributed by atoms with E-state index < -0.39 is 0 Å². The summed E-state index contributed by atoms with van der Waals surface area (Å²) in [6.45, 7) is 1.84. The van der Waals surface area contributed by atoms with Crippen LogP contribution in [0.15, 0.2) is 28.6 Å². The quantitative estimate of drug-likeness (QED) is 0.719. The fourth-order valence-corrected chi connectivity index (χ4v) is 4.83. The third kappa shape index (κ3) is 5.19. The van der Waals surface area contributed by atoms with Gasteiger partial charge in [-0.25, -0.2) is 0 Å². The van der Waals surface area contributed by atoms with Gasteiger partial charge in [0.15, 0.2) is 4.34 Å². The number of anilines is 2. The molecule has 1 amide bonds. The van der Waals surface area contributed by atoms with E-state index in [4.69, 9.17) is 5.26 Å². The molecule has 136 valence electrons. The number of benzene rings is 1. The van der Waals surface area contributed by atoms with Crippen LogP contribution in [0.1, 0.15) is 44.6 Å². The minimum Gasteiger partial charge on any atom is -0.357 e. The molecule has 0 bridgehead atoms. The Morgan fingerprint density at radius 3 is 2.92 bits per heavy atom. The van der Waals surface area contributed by atoms with Crippen molar-refractivity contribution < 1.29 is 4.79 Å². The molecule has 1 atom stereocenters. The van der Waals surface area contributed by atoms with Crippen molar-refractivity contribution in [1.82, 2.24) is 10.2 Å². The molecule has 0 saturated heterocycles. The van der Waals surface area contributed by atoms with Gasteiger partial charge in [0.05, 0.1) is 16.9 Å². The van der Waals surface area contributed by atoms with Crippen molar-refractivity contribution in [2.75, 3.05) is 10.6 Å². The van der Waals surface area contributed by atoms with Crippen LogP contribution in [0.2, 0.25) is 0 Å². The number of thioether (sulfide) groups is 1. The van der Waals surface area contributed by atoms with Gasteiger partial charge in [-0.3, -0.25) is 4.79 Å². The number of nitrogens with zero attached hydrogens (tertiary/aromatic N) is 3. The zero-order valence-electron chi connectivity index (χ0n) is 14.6. The number of nitriles is 1. The van der Waals surface area contributed by atoms with Gasteiger partial charge in [0, 0.05) is 11.7 Å². The molecule has 1 aliphatic carbocycles. The van der Waals surface area contributed by atoms with Crippen LogP contribution in [-0.2, 0) is 4.79 Å². The lowest BCUT2D eigenvalue weighted by Crippen LogP contribution is -2.22. The van der Waals surface area contributed by atoms with Crippen molar-refractivity contribution in [2.24, 2.45) is 0 Å². The third-order valence-corrected chi connectivity index (χ3v) is 6.28. The fraction of sp³-hybridized carbons (Fsp3) is 0.444. The highest BCUT2D eigenvalue weighted by molar-refractivity contribution is 8.02. The normalized spacial score (nSPS) is 15.8. The zero-order valence-corrected chi connectivity index (χ0v) is 16.2. The van der Waals surface area contributed by atoms with Gasteiger partial charge >= 0.3 is 0 Å². The van der Waals surface area contributed by atoms with Gasteiger partial charge in [-0.05, 0) is 38.0 Å². The van der Waals surface area contributed by atoms with Gasteiger partial charge in [-0.1, -0.05) is 48.4 Å². The van der Waals surface area contributed by atoms with Crippen LogP contribution in [0.3, 0.4) is 0 Å². The Labute approximate surface area is 161 Å². The minimum absolute atomic E-state index is 0.123. The summed E-state index contributed by atoms with van der Waals surface area (Å²) in [5, 5.41) is 24.1. The summed E-state index contributed by atoms with van der Waals surface area (Å²) in [4.78, 5) is 12.4. The maximum atomic E-state index is 12.4. The predicted molar refractivity (Wildman–Crippen MR) is 106 cm³/mol. The summed E-state index contributed by atoms with van der Waals surface area (Å²) in [5.74, 6) is -0.123. The Morgan fingerprint density at radius 2 is 2.15 bits per heavy atom. The monoisotopic (exact) mass is 387 g/mol. The number of hydrogen-bond acceptors (Lipinski definition) is 7. The van der Waals surface area contributed by atoms with Gasteiger partial charge < -0.3 is 10.6 Å². The Morgan fingerprint density at radius 1 is 1.35 bits per heavy atom. The van der Waals surface area contributed by atoms with Crippen LogP contribution in [0.5, 0.6) is 0 Å². The van der Waals surface area contributed by atoms with Gasteiger partial charge in [0.1, 0.15) is 0 Å². The first-order chi connectivity index (χ1) is 12.6. The molecule has 6 nitrogen and oxygen atoms in total. The lowest BCUT2D eigenvalue weighted by Gasteiger charge is -2.21. The van der Waals surface area contributed by atoms with E-state index in [1.54, 1.807) is 24.3 Å². The highest BCUT2D eigenvalue weighted by atomic mass is 32.2. The molecular weight excluding hydrogens is 366 g/mol. The molecule has 3 rings (SSSR count). The van der Waals surface area contributed by atoms with Crippen LogP contribution >= 0.6 is 23.1 Å². The zero-order chi connectivity index (χ0) is 18.4. The standard InChI is InChI=1S/C18H21N5OS2/c1-12(16(24)20-15-9-5-6-13(10-15)11-19)25-18-23-22-17(26-18)21-14-7-3-2-4-8-14/h5-6,9-10,12,14H,2-4,7-8H2,1H3,(H,20,24)(H,21,22)/t12-/m0/s1. The van der Waals surface area contributed by atoms with Crippen molar-refractivity contribution >= 4 is 39.8 Å². The average molecular weight is 388 g/mol. The lowest BCUT2D eigenvalue weighted by atomic mass is 9.96. The highest BCUT2D eigenvalue weighted by Crippen LogP contribution is 2.31. The Balaban J connectivity index is 1.53. The largest absolute Gasteiger partial charge is 0.357 e. The molecule has 2 aromatic rings. The maximum Gasteiger partial charge on any atom is 0.237 e. The summed E-state index contributed by atoms with van der Waals surface area (Å²) in [7, 11) is 0. The van der Waals surface area contributed by atoms with E-state index in [0.717, 1.165) is 9.47 Å². The van der Waals surface area contributed by atoms with Crippen molar-refractivity contribution in [3.05, 3.63) is 29.8 Å². The number of aromatic nitrogens is 2. The van der Waals surface area contributed by atoms with Crippen molar-refractivity contribution in [3.8, 4) is 6.07 Å². The second-order valence-electron chi connectivity index (χ2n) is 6.29. The SMILES string of the molecule is C[C@H](Sc1nnc(NC2CCCCC2)s1)C(=O)Nc1cccc(C#N)c1. The lowest BCUT2D eigenvalue weighted by molar-refractivity contribution is -0.115. The summed E-state index contributed by atoms with van der Waals surface area (Å²) in [6, 6.07) is 9.44. The molecule has 8 heteroatoms. The molecule has 0 aliphatic heterocycles. The number of amides is 1. The van der Waals surface area contributed by atoms with Gasteiger partial charge in [-0.2, -0.15) is 5.26 Å². The van der Waals surface area contributed by atoms with Gasteiger partial charge in [0.25, 0.3) is 0 Å². The second-order valence-corrected chi connectivity index (χ2v) is 8.86. The molecule has 2 N–H and O–H groups in total. The van der Waals surface area contributed by atoms with Crippen molar-refractivity contribution in [2.45, 2.75) is 54.7 Å². The van der Waals surface area contributed by atoms with Gasteiger partial charge in [0.2, 0.25) is 11.0 Å². The highest BCUT2D eigenvalue weighted by Gasteiger charge is 2.19. The van der Waals surface area contributed by atoms with Crippen molar-refractivity contribution in [3.63, 3.8) is 0 Å². The minimum atomic E-state index is -0.309. The average Bonchev–Trinajstić information content (AvgIpc) is 3.09. The Hall–Kier alpha value is -2.11. The molecule has 1 heterocycles. The molecule has 1 saturated carbocycles. The number of rotatable bonds is 6. The molecule has 0 radical (unpaired) electrons. The topological polar surface area (TPSA) is 90.7 Å². The van der Waals surface area contributed by atoms with Crippen LogP contribution in [-0.4, -0.2) is 27.4 Å². The molecular formula is C18H21N5OS2. The first kappa shape index (κ1) is 18.7. The number of hydrogen-bond donors (Lipinski definition) is 2. The van der Waals surface area contributed by atoms with E-state index in [9.17, 15) is 4.79 Å². The van der Waals surface area contributed by atoms with E-state index in [1.807, 2.05) is 6.92 Å². The molecule has 1 fully saturated rings. The van der Waals surface area contributed by atoms with E-state index in [1.165, 1.54) is 55.2 Å². The van der Waals surface area contributed by atoms with Crippen LogP contribution in [0.4, 0.5) is 10.8 Å². The Bertz CT molecular complexity index is 795. The summed E-state index contributed by atoms with van der Waals surface area (Å²) >= 11 is 2.88. The number of carbonyl (C=O) groups excluding carboxylic acids is 1. The van der Waals surface area contributed by atoms with E-state index in [2.05, 4.69) is 26.9 Å².